The maximum absolute atomic E-state index is 13.4. The van der Waals surface area contributed by atoms with Crippen molar-refractivity contribution in [3.8, 4) is 0 Å². The van der Waals surface area contributed by atoms with Crippen LogP contribution in [0.2, 0.25) is 10.2 Å². The molecule has 1 aromatic carbocycles. The highest BCUT2D eigenvalue weighted by Gasteiger charge is 2.43. The lowest BCUT2D eigenvalue weighted by molar-refractivity contribution is 0.0717. The van der Waals surface area contributed by atoms with Crippen LogP contribution in [0.4, 0.5) is 10.2 Å². The first-order valence-electron chi connectivity index (χ1n) is 10.9. The van der Waals surface area contributed by atoms with Crippen molar-refractivity contribution < 1.29 is 17.6 Å². The number of hydrogen-bond acceptors (Lipinski definition) is 5. The number of hydrogen-bond donors (Lipinski definition) is 0. The highest BCUT2D eigenvalue weighted by Crippen LogP contribution is 2.36. The highest BCUT2D eigenvalue weighted by atomic mass is 35.5. The van der Waals surface area contributed by atoms with E-state index in [4.69, 9.17) is 23.2 Å². The van der Waals surface area contributed by atoms with Crippen molar-refractivity contribution in [3.63, 3.8) is 0 Å². The average Bonchev–Trinajstić information content (AvgIpc) is 3.03. The Morgan fingerprint density at radius 1 is 1.12 bits per heavy atom. The van der Waals surface area contributed by atoms with Crippen LogP contribution in [-0.4, -0.2) is 66.8 Å². The fourth-order valence-corrected chi connectivity index (χ4v) is 6.74. The number of pyridine rings is 1. The summed E-state index contributed by atoms with van der Waals surface area (Å²) in [5, 5.41) is 0.187. The standard InChI is InChI=1S/C22H25Cl2FN4O3S/c1-3-28(4-2)33(31,32)17-10-20(24)26-21(11-17)29-15-6-7-16(29)13-27(12-15)22(30)18-8-5-14(25)9-19(18)23/h5,8-11,15-16H,3-4,6-7,12-13H2,1-2H3. The Morgan fingerprint density at radius 2 is 1.76 bits per heavy atom. The zero-order valence-electron chi connectivity index (χ0n) is 18.3. The lowest BCUT2D eigenvalue weighted by atomic mass is 10.1. The molecule has 2 aliphatic heterocycles. The molecule has 2 aliphatic rings. The number of anilines is 1. The normalized spacial score (nSPS) is 20.5. The second-order valence-corrected chi connectivity index (χ2v) is 10.9. The van der Waals surface area contributed by atoms with Gasteiger partial charge in [0.15, 0.2) is 0 Å². The molecule has 11 heteroatoms. The maximum Gasteiger partial charge on any atom is 0.255 e. The monoisotopic (exact) mass is 514 g/mol. The van der Waals surface area contributed by atoms with Crippen molar-refractivity contribution in [2.45, 2.75) is 43.7 Å². The number of benzene rings is 1. The lowest BCUT2D eigenvalue weighted by Crippen LogP contribution is -2.55. The molecule has 2 saturated heterocycles. The third-order valence-corrected chi connectivity index (χ3v) is 8.83. The Bertz CT molecular complexity index is 1160. The Kier molecular flexibility index (Phi) is 6.87. The van der Waals surface area contributed by atoms with E-state index >= 15 is 0 Å². The number of carbonyl (C=O) groups excluding carboxylic acids is 1. The number of nitrogens with zero attached hydrogens (tertiary/aromatic N) is 4. The molecule has 0 radical (unpaired) electrons. The molecule has 7 nitrogen and oxygen atoms in total. The van der Waals surface area contributed by atoms with Crippen LogP contribution in [-0.2, 0) is 10.0 Å². The molecular weight excluding hydrogens is 490 g/mol. The summed E-state index contributed by atoms with van der Waals surface area (Å²) in [5.41, 5.74) is 0.263. The maximum atomic E-state index is 13.4. The van der Waals surface area contributed by atoms with Gasteiger partial charge in [-0.2, -0.15) is 4.31 Å². The molecule has 2 unspecified atom stereocenters. The predicted molar refractivity (Wildman–Crippen MR) is 126 cm³/mol. The molecule has 33 heavy (non-hydrogen) atoms. The SMILES string of the molecule is CCN(CC)S(=O)(=O)c1cc(Cl)nc(N2C3CCC2CN(C(=O)c2ccc(F)cc2Cl)C3)c1. The van der Waals surface area contributed by atoms with E-state index in [1.807, 2.05) is 0 Å². The fourth-order valence-electron chi connectivity index (χ4n) is 4.73. The largest absolute Gasteiger partial charge is 0.347 e. The van der Waals surface area contributed by atoms with E-state index in [0.29, 0.717) is 32.0 Å². The molecule has 2 aromatic rings. The number of likely N-dealkylation sites (tertiary alicyclic amines) is 1. The number of aromatic nitrogens is 1. The van der Waals surface area contributed by atoms with E-state index in [-0.39, 0.29) is 38.6 Å². The number of piperazine rings is 1. The summed E-state index contributed by atoms with van der Waals surface area (Å²) in [6.07, 6.45) is 1.66. The van der Waals surface area contributed by atoms with Gasteiger partial charge in [-0.3, -0.25) is 4.79 Å². The molecule has 2 atom stereocenters. The van der Waals surface area contributed by atoms with Crippen LogP contribution >= 0.6 is 23.2 Å². The number of rotatable bonds is 6. The van der Waals surface area contributed by atoms with Crippen LogP contribution in [0.3, 0.4) is 0 Å². The molecule has 0 aliphatic carbocycles. The molecule has 1 amide bonds. The number of halogens is 3. The smallest absolute Gasteiger partial charge is 0.255 e. The topological polar surface area (TPSA) is 73.8 Å². The molecule has 3 heterocycles. The minimum absolute atomic E-state index is 0.0399. The molecule has 0 saturated carbocycles. The van der Waals surface area contributed by atoms with Gasteiger partial charge in [0.2, 0.25) is 10.0 Å². The van der Waals surface area contributed by atoms with E-state index in [0.717, 1.165) is 18.9 Å². The Balaban J connectivity index is 1.60. The van der Waals surface area contributed by atoms with Gasteiger partial charge in [0, 0.05) is 44.3 Å². The van der Waals surface area contributed by atoms with E-state index in [1.165, 1.54) is 22.5 Å². The van der Waals surface area contributed by atoms with Crippen molar-refractivity contribution in [2.24, 2.45) is 0 Å². The van der Waals surface area contributed by atoms with Crippen molar-refractivity contribution >= 4 is 45.0 Å². The van der Waals surface area contributed by atoms with Crippen LogP contribution in [0.15, 0.2) is 35.2 Å². The van der Waals surface area contributed by atoms with Crippen molar-refractivity contribution in [1.29, 1.82) is 0 Å². The van der Waals surface area contributed by atoms with Gasteiger partial charge in [-0.1, -0.05) is 37.0 Å². The van der Waals surface area contributed by atoms with Crippen LogP contribution in [0, 0.1) is 5.82 Å². The molecule has 2 bridgehead atoms. The van der Waals surface area contributed by atoms with Gasteiger partial charge >= 0.3 is 0 Å². The first kappa shape index (κ1) is 24.2. The van der Waals surface area contributed by atoms with E-state index in [2.05, 4.69) is 9.88 Å². The molecule has 0 spiro atoms. The first-order valence-corrected chi connectivity index (χ1v) is 13.1. The van der Waals surface area contributed by atoms with Gasteiger partial charge in [-0.05, 0) is 37.1 Å². The summed E-state index contributed by atoms with van der Waals surface area (Å²) >= 11 is 12.3. The number of carbonyl (C=O) groups is 1. The fraction of sp³-hybridized carbons (Fsp3) is 0.455. The van der Waals surface area contributed by atoms with Crippen LogP contribution < -0.4 is 4.90 Å². The predicted octanol–water partition coefficient (Wildman–Crippen LogP) is 4.05. The Hall–Kier alpha value is -1.94. The summed E-state index contributed by atoms with van der Waals surface area (Å²) in [5.74, 6) is -0.253. The number of sulfonamides is 1. The molecule has 0 N–H and O–H groups in total. The third-order valence-electron chi connectivity index (χ3n) is 6.29. The Labute approximate surface area is 203 Å². The minimum Gasteiger partial charge on any atom is -0.347 e. The summed E-state index contributed by atoms with van der Waals surface area (Å²) in [6.45, 7) is 5.13. The second-order valence-electron chi connectivity index (χ2n) is 8.20. The summed E-state index contributed by atoms with van der Waals surface area (Å²) < 4.78 is 40.9. The molecule has 2 fully saturated rings. The van der Waals surface area contributed by atoms with E-state index in [1.54, 1.807) is 24.8 Å². The molecule has 1 aromatic heterocycles. The van der Waals surface area contributed by atoms with Crippen LogP contribution in [0.1, 0.15) is 37.0 Å². The molecule has 4 rings (SSSR count). The van der Waals surface area contributed by atoms with Gasteiger partial charge in [0.1, 0.15) is 16.8 Å². The van der Waals surface area contributed by atoms with Gasteiger partial charge in [0.05, 0.1) is 15.5 Å². The quantitative estimate of drug-likeness (QED) is 0.543. The molecular formula is C22H25Cl2FN4O3S. The summed E-state index contributed by atoms with van der Waals surface area (Å²) in [6, 6.07) is 6.61. The zero-order valence-corrected chi connectivity index (χ0v) is 20.7. The van der Waals surface area contributed by atoms with Crippen LogP contribution in [0.5, 0.6) is 0 Å². The number of fused-ring (bicyclic) bond motifs is 2. The summed E-state index contributed by atoms with van der Waals surface area (Å²) in [7, 11) is -3.70. The van der Waals surface area contributed by atoms with Crippen molar-refractivity contribution in [1.82, 2.24) is 14.2 Å². The van der Waals surface area contributed by atoms with E-state index < -0.39 is 15.8 Å². The van der Waals surface area contributed by atoms with Gasteiger partial charge in [-0.15, -0.1) is 0 Å². The highest BCUT2D eigenvalue weighted by molar-refractivity contribution is 7.89. The second kappa shape index (κ2) is 9.37. The molecule has 178 valence electrons. The van der Waals surface area contributed by atoms with E-state index in [9.17, 15) is 17.6 Å². The summed E-state index contributed by atoms with van der Waals surface area (Å²) in [4.78, 5) is 21.4. The lowest BCUT2D eigenvalue weighted by Gasteiger charge is -2.42. The average molecular weight is 515 g/mol. The zero-order chi connectivity index (χ0) is 23.9. The Morgan fingerprint density at radius 3 is 2.33 bits per heavy atom. The van der Waals surface area contributed by atoms with Crippen molar-refractivity contribution in [2.75, 3.05) is 31.1 Å². The minimum atomic E-state index is -3.70. The third kappa shape index (κ3) is 4.56. The van der Waals surface area contributed by atoms with Gasteiger partial charge < -0.3 is 9.80 Å². The van der Waals surface area contributed by atoms with Crippen molar-refractivity contribution in [3.05, 3.63) is 51.9 Å². The van der Waals surface area contributed by atoms with Gasteiger partial charge in [-0.25, -0.2) is 17.8 Å². The van der Waals surface area contributed by atoms with Crippen LogP contribution in [0.25, 0.3) is 0 Å². The first-order chi connectivity index (χ1) is 15.6. The van der Waals surface area contributed by atoms with Gasteiger partial charge in [0.25, 0.3) is 5.91 Å². The number of amides is 1.